The molecule has 5 rings (SSSR count). The zero-order chi connectivity index (χ0) is 18.9. The van der Waals surface area contributed by atoms with Crippen LogP contribution in [0, 0.1) is 5.92 Å². The number of rotatable bonds is 5. The number of aromatic amines is 1. The maximum absolute atomic E-state index is 12.8. The van der Waals surface area contributed by atoms with Gasteiger partial charge in [-0.2, -0.15) is 0 Å². The van der Waals surface area contributed by atoms with Crippen LogP contribution in [-0.4, -0.2) is 51.9 Å². The molecule has 1 amide bonds. The van der Waals surface area contributed by atoms with E-state index in [-0.39, 0.29) is 12.0 Å². The summed E-state index contributed by atoms with van der Waals surface area (Å²) in [7, 11) is 0. The molecule has 0 spiro atoms. The molecule has 3 heterocycles. The topological polar surface area (TPSA) is 52.2 Å². The highest BCUT2D eigenvalue weighted by atomic mass is 16.2. The minimum Gasteiger partial charge on any atom is -0.348 e. The van der Waals surface area contributed by atoms with Gasteiger partial charge >= 0.3 is 0 Å². The zero-order valence-corrected chi connectivity index (χ0v) is 15.7. The van der Waals surface area contributed by atoms with Crippen molar-refractivity contribution in [2.24, 2.45) is 5.92 Å². The second-order valence-corrected chi connectivity index (χ2v) is 7.79. The number of amides is 1. The third-order valence-electron chi connectivity index (χ3n) is 5.95. The summed E-state index contributed by atoms with van der Waals surface area (Å²) in [4.78, 5) is 24.7. The molecule has 5 heteroatoms. The number of nitrogens with zero attached hydrogens (tertiary/aromatic N) is 3. The Bertz CT molecular complexity index is 874. The molecule has 2 fully saturated rings. The highest BCUT2D eigenvalue weighted by Crippen LogP contribution is 2.36. The fraction of sp³-hybridized carbons (Fsp3) is 0.304. The molecular weight excluding hydrogens is 348 g/mol. The molecule has 5 nitrogen and oxygen atoms in total. The van der Waals surface area contributed by atoms with Crippen molar-refractivity contribution < 1.29 is 4.79 Å². The van der Waals surface area contributed by atoms with Crippen LogP contribution >= 0.6 is 0 Å². The van der Waals surface area contributed by atoms with E-state index < -0.39 is 0 Å². The lowest BCUT2D eigenvalue weighted by molar-refractivity contribution is -0.146. The largest absolute Gasteiger partial charge is 0.348 e. The lowest BCUT2D eigenvalue weighted by Crippen LogP contribution is -2.59. The van der Waals surface area contributed by atoms with Crippen LogP contribution < -0.4 is 0 Å². The van der Waals surface area contributed by atoms with E-state index in [1.54, 1.807) is 6.20 Å². The molecule has 3 aromatic rings. The second-order valence-electron chi connectivity index (χ2n) is 7.79. The Morgan fingerprint density at radius 2 is 1.54 bits per heavy atom. The molecule has 2 aliphatic rings. The summed E-state index contributed by atoms with van der Waals surface area (Å²) in [5.41, 5.74) is 2.56. The van der Waals surface area contributed by atoms with Gasteiger partial charge in [0.15, 0.2) is 0 Å². The van der Waals surface area contributed by atoms with E-state index >= 15 is 0 Å². The third kappa shape index (κ3) is 3.12. The molecule has 0 saturated carbocycles. The van der Waals surface area contributed by atoms with Gasteiger partial charge in [0.1, 0.15) is 5.82 Å². The number of carbonyl (C=O) groups excluding carboxylic acids is 1. The number of aromatic nitrogens is 2. The van der Waals surface area contributed by atoms with Crippen molar-refractivity contribution in [3.8, 4) is 0 Å². The Labute approximate surface area is 165 Å². The highest BCUT2D eigenvalue weighted by Gasteiger charge is 2.43. The summed E-state index contributed by atoms with van der Waals surface area (Å²) in [5, 5.41) is 0. The Balaban J connectivity index is 1.24. The van der Waals surface area contributed by atoms with Gasteiger partial charge in [0.25, 0.3) is 0 Å². The van der Waals surface area contributed by atoms with Crippen LogP contribution in [0.1, 0.15) is 28.9 Å². The Morgan fingerprint density at radius 1 is 0.929 bits per heavy atom. The first kappa shape index (κ1) is 17.2. The molecule has 2 aromatic carbocycles. The first-order valence-corrected chi connectivity index (χ1v) is 9.91. The number of carbonyl (C=O) groups is 1. The number of hydrogen-bond acceptors (Lipinski definition) is 3. The summed E-state index contributed by atoms with van der Waals surface area (Å²) in [6, 6.07) is 21.4. The smallest absolute Gasteiger partial charge is 0.228 e. The first-order chi connectivity index (χ1) is 13.8. The number of likely N-dealkylation sites (tertiary alicyclic amines) is 2. The molecule has 2 aliphatic heterocycles. The Hall–Kier alpha value is -2.92. The lowest BCUT2D eigenvalue weighted by atomic mass is 9.88. The van der Waals surface area contributed by atoms with E-state index in [4.69, 9.17) is 0 Å². The van der Waals surface area contributed by atoms with Crippen molar-refractivity contribution in [3.63, 3.8) is 0 Å². The number of nitrogens with one attached hydrogen (secondary N) is 1. The van der Waals surface area contributed by atoms with Crippen LogP contribution in [-0.2, 0) is 4.79 Å². The molecule has 0 aliphatic carbocycles. The third-order valence-corrected chi connectivity index (χ3v) is 5.95. The minimum atomic E-state index is 0.104. The zero-order valence-electron chi connectivity index (χ0n) is 15.7. The lowest BCUT2D eigenvalue weighted by Gasteiger charge is -2.48. The Morgan fingerprint density at radius 3 is 2.07 bits per heavy atom. The number of hydrogen-bond donors (Lipinski definition) is 1. The second kappa shape index (κ2) is 7.24. The predicted octanol–water partition coefficient (Wildman–Crippen LogP) is 3.06. The molecule has 142 valence electrons. The van der Waals surface area contributed by atoms with Crippen molar-refractivity contribution in [2.45, 2.75) is 12.0 Å². The molecule has 0 unspecified atom stereocenters. The molecule has 0 bridgehead atoms. The van der Waals surface area contributed by atoms with Crippen molar-refractivity contribution in [2.75, 3.05) is 26.2 Å². The fourth-order valence-corrected chi connectivity index (χ4v) is 4.35. The molecule has 1 aromatic heterocycles. The highest BCUT2D eigenvalue weighted by molar-refractivity contribution is 5.81. The van der Waals surface area contributed by atoms with Gasteiger partial charge in [-0.05, 0) is 11.1 Å². The summed E-state index contributed by atoms with van der Waals surface area (Å²) >= 11 is 0. The molecule has 2 saturated heterocycles. The van der Waals surface area contributed by atoms with E-state index in [0.717, 1.165) is 32.0 Å². The van der Waals surface area contributed by atoms with Gasteiger partial charge in [-0.25, -0.2) is 4.98 Å². The van der Waals surface area contributed by atoms with E-state index in [9.17, 15) is 4.79 Å². The number of H-pyrrole nitrogens is 1. The van der Waals surface area contributed by atoms with Crippen LogP contribution in [0.4, 0.5) is 0 Å². The number of benzene rings is 2. The normalized spacial score (nSPS) is 18.1. The summed E-state index contributed by atoms with van der Waals surface area (Å²) in [6.45, 7) is 3.19. The maximum Gasteiger partial charge on any atom is 0.228 e. The van der Waals surface area contributed by atoms with Crippen LogP contribution in [0.3, 0.4) is 0 Å². The van der Waals surface area contributed by atoms with Crippen LogP contribution in [0.2, 0.25) is 0 Å². The van der Waals surface area contributed by atoms with Crippen molar-refractivity contribution >= 4 is 5.91 Å². The van der Waals surface area contributed by atoms with Crippen LogP contribution in [0.25, 0.3) is 0 Å². The average molecular weight is 372 g/mol. The average Bonchev–Trinajstić information content (AvgIpc) is 3.18. The molecule has 1 N–H and O–H groups in total. The van der Waals surface area contributed by atoms with Crippen LogP contribution in [0.5, 0.6) is 0 Å². The van der Waals surface area contributed by atoms with Gasteiger partial charge in [-0.15, -0.1) is 0 Å². The van der Waals surface area contributed by atoms with E-state index in [0.29, 0.717) is 11.8 Å². The summed E-state index contributed by atoms with van der Waals surface area (Å²) in [6.07, 6.45) is 3.62. The molecule has 0 atom stereocenters. The maximum atomic E-state index is 12.8. The van der Waals surface area contributed by atoms with Gasteiger partial charge in [0.05, 0.1) is 17.9 Å². The van der Waals surface area contributed by atoms with E-state index in [1.807, 2.05) is 23.2 Å². The van der Waals surface area contributed by atoms with E-state index in [2.05, 4.69) is 63.4 Å². The molecule has 28 heavy (non-hydrogen) atoms. The Kier molecular flexibility index (Phi) is 4.45. The first-order valence-electron chi connectivity index (χ1n) is 9.91. The summed E-state index contributed by atoms with van der Waals surface area (Å²) in [5.74, 6) is 1.75. The molecular formula is C23H24N4O. The van der Waals surface area contributed by atoms with Gasteiger partial charge < -0.3 is 9.88 Å². The predicted molar refractivity (Wildman–Crippen MR) is 108 cm³/mol. The molecule has 0 radical (unpaired) electrons. The quantitative estimate of drug-likeness (QED) is 0.749. The van der Waals surface area contributed by atoms with E-state index in [1.165, 1.54) is 11.1 Å². The monoisotopic (exact) mass is 372 g/mol. The number of imidazole rings is 1. The van der Waals surface area contributed by atoms with Crippen molar-refractivity contribution in [1.82, 2.24) is 19.8 Å². The van der Waals surface area contributed by atoms with Crippen molar-refractivity contribution in [1.29, 1.82) is 0 Å². The van der Waals surface area contributed by atoms with Gasteiger partial charge in [0.2, 0.25) is 5.91 Å². The van der Waals surface area contributed by atoms with Crippen LogP contribution in [0.15, 0.2) is 73.1 Å². The SMILES string of the molecule is O=C(C1CN(C(c2ccccc2)c2ccccc2)C1)N1CC(c2ncc[nH]2)C1. The minimum absolute atomic E-state index is 0.104. The van der Waals surface area contributed by atoms with Gasteiger partial charge in [-0.3, -0.25) is 9.69 Å². The van der Waals surface area contributed by atoms with Gasteiger partial charge in [-0.1, -0.05) is 60.7 Å². The summed E-state index contributed by atoms with van der Waals surface area (Å²) < 4.78 is 0. The van der Waals surface area contributed by atoms with Crippen molar-refractivity contribution in [3.05, 3.63) is 90.0 Å². The fourth-order valence-electron chi connectivity index (χ4n) is 4.35. The van der Waals surface area contributed by atoms with Gasteiger partial charge in [0, 0.05) is 38.6 Å². The standard InChI is InChI=1S/C23H24N4O/c28-23(27-13-19(14-27)22-24-11-12-25-22)20-15-26(16-20)21(17-7-3-1-4-8-17)18-9-5-2-6-10-18/h1-12,19-21H,13-16H2,(H,24,25).